The van der Waals surface area contributed by atoms with E-state index in [1.54, 1.807) is 25.3 Å². The van der Waals surface area contributed by atoms with Crippen LogP contribution in [0.15, 0.2) is 57.8 Å². The van der Waals surface area contributed by atoms with E-state index in [1.807, 2.05) is 32.9 Å². The Morgan fingerprint density at radius 3 is 2.58 bits per heavy atom. The van der Waals surface area contributed by atoms with Crippen molar-refractivity contribution in [3.63, 3.8) is 0 Å². The first kappa shape index (κ1) is 17.9. The van der Waals surface area contributed by atoms with Gasteiger partial charge < -0.3 is 13.9 Å². The van der Waals surface area contributed by atoms with Crippen LogP contribution in [0.25, 0.3) is 11.0 Å². The second kappa shape index (κ2) is 7.86. The number of unbranched alkanes of at least 4 members (excludes halogenated alkanes) is 1. The Morgan fingerprint density at radius 1 is 1.12 bits per heavy atom. The largest absolute Gasteiger partial charge is 0.493 e. The molecule has 1 aromatic carbocycles. The van der Waals surface area contributed by atoms with E-state index in [2.05, 4.69) is 12.2 Å². The first-order valence-electron chi connectivity index (χ1n) is 8.05. The molecule has 4 nitrogen and oxygen atoms in total. The first-order chi connectivity index (χ1) is 11.4. The number of fused-ring (bicyclic) bond motifs is 1. The lowest BCUT2D eigenvalue weighted by Gasteiger charge is -2.24. The summed E-state index contributed by atoms with van der Waals surface area (Å²) in [5.41, 5.74) is -0.417. The first-order valence-corrected chi connectivity index (χ1v) is 8.05. The van der Waals surface area contributed by atoms with E-state index >= 15 is 0 Å². The number of hydrogen-bond acceptors (Lipinski definition) is 4. The molecule has 1 aromatic heterocycles. The van der Waals surface area contributed by atoms with Gasteiger partial charge in [-0.1, -0.05) is 18.2 Å². The Morgan fingerprint density at radius 2 is 1.88 bits per heavy atom. The maximum Gasteiger partial charge on any atom is 0.336 e. The highest BCUT2D eigenvalue weighted by Gasteiger charge is 2.19. The summed E-state index contributed by atoms with van der Waals surface area (Å²) in [6, 6.07) is 6.60. The van der Waals surface area contributed by atoms with Crippen LogP contribution in [0.3, 0.4) is 0 Å². The maximum absolute atomic E-state index is 11.4. The Bertz CT molecular complexity index is 797. The molecule has 0 saturated carbocycles. The van der Waals surface area contributed by atoms with Gasteiger partial charge in [0.05, 0.1) is 7.11 Å². The minimum absolute atomic E-state index is 0.387. The number of allylic oxidation sites excluding steroid dienone is 3. The topological polar surface area (TPSA) is 48.7 Å². The van der Waals surface area contributed by atoms with E-state index in [4.69, 9.17) is 13.9 Å². The summed E-state index contributed by atoms with van der Waals surface area (Å²) in [6.07, 6.45) is 10.3. The van der Waals surface area contributed by atoms with Gasteiger partial charge in [-0.15, -0.1) is 0 Å². The molecular formula is C20H24O4. The lowest BCUT2D eigenvalue weighted by atomic mass is 10.1. The zero-order chi connectivity index (χ0) is 17.6. The van der Waals surface area contributed by atoms with Crippen molar-refractivity contribution in [2.75, 3.05) is 7.11 Å². The molecule has 1 heterocycles. The van der Waals surface area contributed by atoms with E-state index in [-0.39, 0.29) is 5.63 Å². The van der Waals surface area contributed by atoms with E-state index in [9.17, 15) is 4.79 Å². The third kappa shape index (κ3) is 4.75. The second-order valence-electron chi connectivity index (χ2n) is 6.05. The normalized spacial score (nSPS) is 12.3. The number of hydrogen-bond donors (Lipinski definition) is 0. The number of methoxy groups -OCH3 is 1. The fraction of sp³-hybridized carbons (Fsp3) is 0.350. The lowest BCUT2D eigenvalue weighted by Crippen LogP contribution is -2.25. The minimum atomic E-state index is -0.508. The highest BCUT2D eigenvalue weighted by Crippen LogP contribution is 2.34. The molecular weight excluding hydrogens is 304 g/mol. The fourth-order valence-corrected chi connectivity index (χ4v) is 2.36. The summed E-state index contributed by atoms with van der Waals surface area (Å²) in [4.78, 5) is 11.4. The molecule has 128 valence electrons. The molecule has 0 atom stereocenters. The molecule has 0 spiro atoms. The summed E-state index contributed by atoms with van der Waals surface area (Å²) >= 11 is 0. The van der Waals surface area contributed by atoms with E-state index < -0.39 is 5.60 Å². The van der Waals surface area contributed by atoms with Gasteiger partial charge in [0.15, 0.2) is 11.5 Å². The third-order valence-electron chi connectivity index (χ3n) is 3.53. The van der Waals surface area contributed by atoms with Crippen molar-refractivity contribution in [3.8, 4) is 11.5 Å². The molecule has 0 aliphatic rings. The van der Waals surface area contributed by atoms with Crippen LogP contribution in [0, 0.1) is 0 Å². The van der Waals surface area contributed by atoms with Crippen LogP contribution in [0.2, 0.25) is 0 Å². The highest BCUT2D eigenvalue weighted by molar-refractivity contribution is 5.80. The monoisotopic (exact) mass is 328 g/mol. The fourth-order valence-electron chi connectivity index (χ4n) is 2.36. The van der Waals surface area contributed by atoms with Crippen molar-refractivity contribution < 1.29 is 13.9 Å². The van der Waals surface area contributed by atoms with Crippen molar-refractivity contribution >= 4 is 11.0 Å². The minimum Gasteiger partial charge on any atom is -0.493 e. The van der Waals surface area contributed by atoms with Gasteiger partial charge >= 0.3 is 5.63 Å². The summed E-state index contributed by atoms with van der Waals surface area (Å²) in [5.74, 6) is 1.15. The lowest BCUT2D eigenvalue weighted by molar-refractivity contribution is 0.155. The van der Waals surface area contributed by atoms with Gasteiger partial charge in [0.25, 0.3) is 0 Å². The van der Waals surface area contributed by atoms with Crippen molar-refractivity contribution in [2.45, 2.75) is 39.2 Å². The molecule has 0 saturated heterocycles. The summed E-state index contributed by atoms with van der Waals surface area (Å²) < 4.78 is 16.7. The molecule has 2 rings (SSSR count). The average molecular weight is 328 g/mol. The van der Waals surface area contributed by atoms with Crippen molar-refractivity contribution in [3.05, 3.63) is 59.0 Å². The molecule has 4 heteroatoms. The molecule has 0 N–H and O–H groups in total. The number of ether oxygens (including phenoxy) is 2. The highest BCUT2D eigenvalue weighted by atomic mass is 16.5. The van der Waals surface area contributed by atoms with Crippen molar-refractivity contribution in [2.24, 2.45) is 0 Å². The second-order valence-corrected chi connectivity index (χ2v) is 6.05. The SMILES string of the molecule is C/C=C/CC/C=C/C(C)(C)Oc1cc2oc(=O)ccc2cc1OC. The molecule has 2 aromatic rings. The van der Waals surface area contributed by atoms with Crippen LogP contribution >= 0.6 is 0 Å². The summed E-state index contributed by atoms with van der Waals surface area (Å²) in [5, 5.41) is 0.790. The zero-order valence-electron chi connectivity index (χ0n) is 14.7. The Hall–Kier alpha value is -2.49. The van der Waals surface area contributed by atoms with Crippen LogP contribution in [-0.2, 0) is 0 Å². The Labute approximate surface area is 142 Å². The van der Waals surface area contributed by atoms with Gasteiger partial charge in [0.1, 0.15) is 11.2 Å². The molecule has 0 aliphatic carbocycles. The van der Waals surface area contributed by atoms with Gasteiger partial charge in [-0.3, -0.25) is 0 Å². The van der Waals surface area contributed by atoms with Gasteiger partial charge in [0.2, 0.25) is 0 Å². The van der Waals surface area contributed by atoms with Crippen molar-refractivity contribution in [1.29, 1.82) is 0 Å². The smallest absolute Gasteiger partial charge is 0.336 e. The van der Waals surface area contributed by atoms with Gasteiger partial charge in [-0.05, 0) is 51.8 Å². The van der Waals surface area contributed by atoms with Crippen LogP contribution in [0.1, 0.15) is 33.6 Å². The standard InChI is InChI=1S/C20H24O4/c1-5-6-7-8-9-12-20(2,3)24-18-14-16-15(13-17(18)22-4)10-11-19(21)23-16/h5-6,9-14H,7-8H2,1-4H3/b6-5+,12-9+. The molecule has 24 heavy (non-hydrogen) atoms. The predicted octanol–water partition coefficient (Wildman–Crippen LogP) is 4.87. The molecule has 0 amide bonds. The number of rotatable bonds is 7. The number of benzene rings is 1. The van der Waals surface area contributed by atoms with E-state index in [1.165, 1.54) is 6.07 Å². The molecule has 0 aliphatic heterocycles. The molecule has 0 bridgehead atoms. The van der Waals surface area contributed by atoms with Gasteiger partial charge in [-0.25, -0.2) is 4.79 Å². The summed E-state index contributed by atoms with van der Waals surface area (Å²) in [6.45, 7) is 5.97. The van der Waals surface area contributed by atoms with E-state index in [0.717, 1.165) is 18.2 Å². The molecule has 0 unspecified atom stereocenters. The molecule has 0 fully saturated rings. The maximum atomic E-state index is 11.4. The Kier molecular flexibility index (Phi) is 5.85. The Balaban J connectivity index is 2.24. The van der Waals surface area contributed by atoms with Crippen molar-refractivity contribution in [1.82, 2.24) is 0 Å². The van der Waals surface area contributed by atoms with Gasteiger partial charge in [-0.2, -0.15) is 0 Å². The third-order valence-corrected chi connectivity index (χ3v) is 3.53. The predicted molar refractivity (Wildman–Crippen MR) is 96.9 cm³/mol. The zero-order valence-corrected chi connectivity index (χ0v) is 14.7. The molecule has 0 radical (unpaired) electrons. The average Bonchev–Trinajstić information content (AvgIpc) is 2.53. The van der Waals surface area contributed by atoms with E-state index in [0.29, 0.717) is 17.1 Å². The quantitative estimate of drug-likeness (QED) is 0.413. The van der Waals surface area contributed by atoms with Crippen LogP contribution in [0.5, 0.6) is 11.5 Å². The summed E-state index contributed by atoms with van der Waals surface area (Å²) in [7, 11) is 1.59. The van der Waals surface area contributed by atoms with Crippen LogP contribution < -0.4 is 15.1 Å². The van der Waals surface area contributed by atoms with Crippen LogP contribution in [-0.4, -0.2) is 12.7 Å². The van der Waals surface area contributed by atoms with Gasteiger partial charge in [0, 0.05) is 17.5 Å². The van der Waals surface area contributed by atoms with Crippen LogP contribution in [0.4, 0.5) is 0 Å².